The maximum Gasteiger partial charge on any atom is 0.242 e. The Kier molecular flexibility index (Phi) is 4.63. The van der Waals surface area contributed by atoms with Crippen LogP contribution in [0, 0.1) is 11.3 Å². The second-order valence-electron chi connectivity index (χ2n) is 4.54. The second kappa shape index (κ2) is 6.26. The van der Waals surface area contributed by atoms with Gasteiger partial charge in [0.05, 0.1) is 23.0 Å². The van der Waals surface area contributed by atoms with E-state index in [2.05, 4.69) is 9.71 Å². The topological polar surface area (TPSA) is 87.8 Å². The lowest BCUT2D eigenvalue weighted by atomic mass is 10.2. The van der Waals surface area contributed by atoms with Crippen LogP contribution >= 0.6 is 11.6 Å². The van der Waals surface area contributed by atoms with Crippen LogP contribution in [-0.2, 0) is 16.6 Å². The van der Waals surface area contributed by atoms with Gasteiger partial charge in [0.15, 0.2) is 0 Å². The van der Waals surface area contributed by atoms with Gasteiger partial charge in [-0.15, -0.1) is 0 Å². The molecular formula is C13H13ClN4O2S. The summed E-state index contributed by atoms with van der Waals surface area (Å²) in [7, 11) is -3.79. The standard InChI is InChI=1S/C13H13ClN4O2S/c1-10(8-18-5-4-16-9-18)17-21(19,20)13-6-11(7-15)2-3-12(13)14/h2-6,9-10,17H,8H2,1H3. The van der Waals surface area contributed by atoms with E-state index in [0.717, 1.165) is 0 Å². The minimum absolute atomic E-state index is 0.0799. The number of sulfonamides is 1. The van der Waals surface area contributed by atoms with Crippen LogP contribution in [0.5, 0.6) is 0 Å². The second-order valence-corrected chi connectivity index (χ2v) is 6.63. The quantitative estimate of drug-likeness (QED) is 0.908. The number of benzene rings is 1. The summed E-state index contributed by atoms with van der Waals surface area (Å²) in [6, 6.07) is 5.66. The lowest BCUT2D eigenvalue weighted by molar-refractivity contribution is 0.520. The lowest BCUT2D eigenvalue weighted by Crippen LogP contribution is -2.35. The zero-order chi connectivity index (χ0) is 15.5. The van der Waals surface area contributed by atoms with Gasteiger partial charge in [-0.1, -0.05) is 11.6 Å². The summed E-state index contributed by atoms with van der Waals surface area (Å²) >= 11 is 5.92. The Morgan fingerprint density at radius 2 is 2.29 bits per heavy atom. The highest BCUT2D eigenvalue weighted by molar-refractivity contribution is 7.89. The maximum absolute atomic E-state index is 12.3. The first-order valence-corrected chi connectivity index (χ1v) is 7.96. The number of imidazole rings is 1. The third-order valence-corrected chi connectivity index (χ3v) is 4.82. The van der Waals surface area contributed by atoms with Crippen LogP contribution in [0.3, 0.4) is 0 Å². The fourth-order valence-corrected chi connectivity index (χ4v) is 3.62. The van der Waals surface area contributed by atoms with E-state index in [-0.39, 0.29) is 21.5 Å². The van der Waals surface area contributed by atoms with Gasteiger partial charge in [0.1, 0.15) is 4.90 Å². The number of aromatic nitrogens is 2. The number of hydrogen-bond acceptors (Lipinski definition) is 4. The molecule has 0 amide bonds. The molecule has 0 spiro atoms. The molecule has 0 fully saturated rings. The molecule has 1 N–H and O–H groups in total. The van der Waals surface area contributed by atoms with E-state index in [1.807, 2.05) is 6.07 Å². The van der Waals surface area contributed by atoms with Gasteiger partial charge < -0.3 is 4.57 Å². The van der Waals surface area contributed by atoms with Crippen LogP contribution in [0.2, 0.25) is 5.02 Å². The van der Waals surface area contributed by atoms with E-state index in [9.17, 15) is 8.42 Å². The van der Waals surface area contributed by atoms with Crippen molar-refractivity contribution in [2.45, 2.75) is 24.4 Å². The van der Waals surface area contributed by atoms with Crippen molar-refractivity contribution in [2.24, 2.45) is 0 Å². The molecule has 1 heterocycles. The summed E-state index contributed by atoms with van der Waals surface area (Å²) in [5.74, 6) is 0. The first kappa shape index (κ1) is 15.5. The lowest BCUT2D eigenvalue weighted by Gasteiger charge is -2.15. The molecule has 21 heavy (non-hydrogen) atoms. The third-order valence-electron chi connectivity index (χ3n) is 2.75. The molecule has 0 saturated carbocycles. The predicted molar refractivity (Wildman–Crippen MR) is 78.2 cm³/mol. The molecule has 1 atom stereocenters. The zero-order valence-electron chi connectivity index (χ0n) is 11.2. The van der Waals surface area contributed by atoms with Gasteiger partial charge >= 0.3 is 0 Å². The van der Waals surface area contributed by atoms with Gasteiger partial charge in [0.25, 0.3) is 0 Å². The molecule has 6 nitrogen and oxygen atoms in total. The van der Waals surface area contributed by atoms with Gasteiger partial charge in [0, 0.05) is 25.0 Å². The van der Waals surface area contributed by atoms with Gasteiger partial charge in [0.2, 0.25) is 10.0 Å². The number of rotatable bonds is 5. The maximum atomic E-state index is 12.3. The minimum atomic E-state index is -3.79. The Morgan fingerprint density at radius 3 is 2.90 bits per heavy atom. The van der Waals surface area contributed by atoms with Crippen molar-refractivity contribution in [3.63, 3.8) is 0 Å². The normalized spacial score (nSPS) is 12.8. The first-order chi connectivity index (χ1) is 9.92. The Labute approximate surface area is 128 Å². The third kappa shape index (κ3) is 3.82. The average molecular weight is 325 g/mol. The number of nitriles is 1. The highest BCUT2D eigenvalue weighted by Gasteiger charge is 2.21. The average Bonchev–Trinajstić information content (AvgIpc) is 2.91. The fourth-order valence-electron chi connectivity index (χ4n) is 1.86. The van der Waals surface area contributed by atoms with Crippen molar-refractivity contribution in [3.8, 4) is 6.07 Å². The van der Waals surface area contributed by atoms with E-state index in [4.69, 9.17) is 16.9 Å². The van der Waals surface area contributed by atoms with Crippen molar-refractivity contribution in [1.29, 1.82) is 5.26 Å². The first-order valence-electron chi connectivity index (χ1n) is 6.10. The Balaban J connectivity index is 2.20. The van der Waals surface area contributed by atoms with Gasteiger partial charge in [-0.2, -0.15) is 5.26 Å². The van der Waals surface area contributed by atoms with E-state index >= 15 is 0 Å². The van der Waals surface area contributed by atoms with Crippen molar-refractivity contribution in [3.05, 3.63) is 47.5 Å². The van der Waals surface area contributed by atoms with Crippen LogP contribution in [0.15, 0.2) is 41.8 Å². The molecular weight excluding hydrogens is 312 g/mol. The number of hydrogen-bond donors (Lipinski definition) is 1. The summed E-state index contributed by atoms with van der Waals surface area (Å²) in [6.07, 6.45) is 4.97. The Bertz CT molecular complexity index is 766. The van der Waals surface area contributed by atoms with E-state index in [1.54, 1.807) is 30.2 Å². The molecule has 0 bridgehead atoms. The van der Waals surface area contributed by atoms with Crippen molar-refractivity contribution in [2.75, 3.05) is 0 Å². The molecule has 1 aromatic heterocycles. The molecule has 110 valence electrons. The smallest absolute Gasteiger partial charge is 0.242 e. The van der Waals surface area contributed by atoms with E-state index in [1.165, 1.54) is 18.2 Å². The molecule has 8 heteroatoms. The van der Waals surface area contributed by atoms with Gasteiger partial charge in [-0.05, 0) is 25.1 Å². The minimum Gasteiger partial charge on any atom is -0.336 e. The zero-order valence-corrected chi connectivity index (χ0v) is 12.8. The Morgan fingerprint density at radius 1 is 1.52 bits per heavy atom. The molecule has 0 aliphatic heterocycles. The van der Waals surface area contributed by atoms with E-state index in [0.29, 0.717) is 6.54 Å². The number of nitrogens with zero attached hydrogens (tertiary/aromatic N) is 3. The molecule has 1 aromatic carbocycles. The summed E-state index contributed by atoms with van der Waals surface area (Å²) in [5.41, 5.74) is 0.238. The molecule has 2 rings (SSSR count). The van der Waals surface area contributed by atoms with Crippen LogP contribution in [0.25, 0.3) is 0 Å². The van der Waals surface area contributed by atoms with E-state index < -0.39 is 10.0 Å². The van der Waals surface area contributed by atoms with Crippen LogP contribution in [0.1, 0.15) is 12.5 Å². The highest BCUT2D eigenvalue weighted by Crippen LogP contribution is 2.22. The van der Waals surface area contributed by atoms with Crippen LogP contribution in [-0.4, -0.2) is 24.0 Å². The Hall–Kier alpha value is -1.88. The molecule has 2 aromatic rings. The molecule has 0 aliphatic carbocycles. The molecule has 0 aliphatic rings. The van der Waals surface area contributed by atoms with Crippen molar-refractivity contribution >= 4 is 21.6 Å². The van der Waals surface area contributed by atoms with Crippen LogP contribution < -0.4 is 4.72 Å². The van der Waals surface area contributed by atoms with Gasteiger partial charge in [-0.25, -0.2) is 18.1 Å². The molecule has 0 radical (unpaired) electrons. The summed E-state index contributed by atoms with van der Waals surface area (Å²) < 4.78 is 29.0. The number of halogens is 1. The fraction of sp³-hybridized carbons (Fsp3) is 0.231. The largest absolute Gasteiger partial charge is 0.336 e. The summed E-state index contributed by atoms with van der Waals surface area (Å²) in [5, 5.41) is 8.93. The predicted octanol–water partition coefficient (Wildman–Crippen LogP) is 1.78. The SMILES string of the molecule is CC(Cn1ccnc1)NS(=O)(=O)c1cc(C#N)ccc1Cl. The monoisotopic (exact) mass is 324 g/mol. The molecule has 0 saturated heterocycles. The van der Waals surface area contributed by atoms with Crippen LogP contribution in [0.4, 0.5) is 0 Å². The van der Waals surface area contributed by atoms with Crippen molar-refractivity contribution < 1.29 is 8.42 Å². The molecule has 1 unspecified atom stereocenters. The summed E-state index contributed by atoms with van der Waals surface area (Å²) in [4.78, 5) is 3.80. The highest BCUT2D eigenvalue weighted by atomic mass is 35.5. The number of nitrogens with one attached hydrogen (secondary N) is 1. The van der Waals surface area contributed by atoms with Crippen molar-refractivity contribution in [1.82, 2.24) is 14.3 Å². The summed E-state index contributed by atoms with van der Waals surface area (Å²) in [6.45, 7) is 2.17. The van der Waals surface area contributed by atoms with Gasteiger partial charge in [-0.3, -0.25) is 0 Å².